The quantitative estimate of drug-likeness (QED) is 0.117. The minimum Gasteiger partial charge on any atom is -0.352 e. The largest absolute Gasteiger partial charge is 0.352 e. The van der Waals surface area contributed by atoms with Crippen LogP contribution in [0.5, 0.6) is 0 Å². The van der Waals surface area contributed by atoms with E-state index in [0.29, 0.717) is 12.1 Å². The molecule has 1 aromatic carbocycles. The van der Waals surface area contributed by atoms with Gasteiger partial charge < -0.3 is 41.7 Å². The van der Waals surface area contributed by atoms with Crippen molar-refractivity contribution < 1.29 is 33.6 Å². The summed E-state index contributed by atoms with van der Waals surface area (Å²) in [6.07, 6.45) is 2.77. The van der Waals surface area contributed by atoms with Crippen LogP contribution in [0.3, 0.4) is 0 Å². The van der Waals surface area contributed by atoms with Crippen molar-refractivity contribution in [1.82, 2.24) is 30.7 Å². The molecule has 15 nitrogen and oxygen atoms in total. The number of benzene rings is 1. The van der Waals surface area contributed by atoms with Crippen molar-refractivity contribution in [3.8, 4) is 0 Å². The van der Waals surface area contributed by atoms with E-state index in [9.17, 15) is 33.6 Å². The Kier molecular flexibility index (Phi) is 16.2. The Balaban J connectivity index is 1.94. The maximum Gasteiger partial charge on any atom is 0.312 e. The number of nitrogens with zero attached hydrogens (tertiary/aromatic N) is 3. The Bertz CT molecular complexity index is 1330. The number of amides is 8. The summed E-state index contributed by atoms with van der Waals surface area (Å²) in [7, 11) is 0. The topological polar surface area (TPSA) is 203 Å². The van der Waals surface area contributed by atoms with Gasteiger partial charge in [-0.05, 0) is 55.5 Å². The molecule has 0 spiro atoms. The lowest BCUT2D eigenvalue weighted by Gasteiger charge is -2.41. The summed E-state index contributed by atoms with van der Waals surface area (Å²) in [6, 6.07) is 4.18. The molecule has 48 heavy (non-hydrogen) atoms. The van der Waals surface area contributed by atoms with Gasteiger partial charge in [-0.3, -0.25) is 28.8 Å². The number of hydrogen-bond donors (Lipinski definition) is 5. The van der Waals surface area contributed by atoms with Crippen molar-refractivity contribution in [3.05, 3.63) is 62.1 Å². The van der Waals surface area contributed by atoms with Crippen LogP contribution in [0.15, 0.2) is 49.6 Å². The summed E-state index contributed by atoms with van der Waals surface area (Å²) in [5, 5.41) is 10.6. The van der Waals surface area contributed by atoms with Gasteiger partial charge in [0.1, 0.15) is 12.1 Å². The Morgan fingerprint density at radius 2 is 1.48 bits per heavy atom. The van der Waals surface area contributed by atoms with Crippen LogP contribution in [0.4, 0.5) is 10.5 Å². The third kappa shape index (κ3) is 13.1. The van der Waals surface area contributed by atoms with Gasteiger partial charge in [0.05, 0.1) is 25.8 Å². The molecular weight excluding hydrogens is 640 g/mol. The number of nitrogens with two attached hydrogens (primary N) is 1. The average molecular weight is 686 g/mol. The van der Waals surface area contributed by atoms with Crippen LogP contribution >= 0.6 is 11.8 Å². The molecule has 0 saturated carbocycles. The molecule has 0 aromatic heterocycles. The summed E-state index contributed by atoms with van der Waals surface area (Å²) in [6.45, 7) is 14.4. The smallest absolute Gasteiger partial charge is 0.312 e. The van der Waals surface area contributed by atoms with Crippen molar-refractivity contribution in [2.24, 2.45) is 11.7 Å². The maximum absolute atomic E-state index is 13.3. The van der Waals surface area contributed by atoms with E-state index in [-0.39, 0.29) is 62.7 Å². The number of carbonyl (C=O) groups excluding carboxylic acids is 7. The Hall–Kier alpha value is -4.86. The number of hydrogen-bond acceptors (Lipinski definition) is 8. The van der Waals surface area contributed by atoms with E-state index >= 15 is 0 Å². The summed E-state index contributed by atoms with van der Waals surface area (Å²) < 4.78 is 0. The molecule has 1 radical (unpaired) electrons. The fourth-order valence-electron chi connectivity index (χ4n) is 4.55. The number of primary amides is 1. The number of nitrogens with one attached hydrogen (secondary N) is 4. The molecule has 0 aliphatic carbocycles. The second-order valence-corrected chi connectivity index (χ2v) is 12.4. The second-order valence-electron chi connectivity index (χ2n) is 11.3. The number of thioether (sulfide) groups is 1. The third-order valence-electron chi connectivity index (χ3n) is 7.13. The first-order valence-corrected chi connectivity index (χ1v) is 16.4. The highest BCUT2D eigenvalue weighted by Crippen LogP contribution is 2.14. The first kappa shape index (κ1) is 39.3. The zero-order chi connectivity index (χ0) is 35.8. The average Bonchev–Trinajstić information content (AvgIpc) is 3.06. The molecular formula is C32H45N8O7S. The molecule has 1 fully saturated rings. The number of urea groups is 1. The molecule has 1 aliphatic heterocycles. The Morgan fingerprint density at radius 1 is 0.896 bits per heavy atom. The van der Waals surface area contributed by atoms with Crippen LogP contribution in [-0.4, -0.2) is 106 Å². The highest BCUT2D eigenvalue weighted by molar-refractivity contribution is 7.99. The van der Waals surface area contributed by atoms with Crippen molar-refractivity contribution >= 4 is 58.9 Å². The van der Waals surface area contributed by atoms with E-state index in [0.717, 1.165) is 17.7 Å². The van der Waals surface area contributed by atoms with Gasteiger partial charge in [0.25, 0.3) is 0 Å². The van der Waals surface area contributed by atoms with Gasteiger partial charge in [-0.15, -0.1) is 0 Å². The predicted octanol–water partition coefficient (Wildman–Crippen LogP) is 0.749. The van der Waals surface area contributed by atoms with Gasteiger partial charge in [-0.2, -0.15) is 11.8 Å². The van der Waals surface area contributed by atoms with E-state index in [1.54, 1.807) is 38.1 Å². The first-order valence-electron chi connectivity index (χ1n) is 15.3. The normalized spacial score (nSPS) is 14.0. The van der Waals surface area contributed by atoms with Crippen LogP contribution in [0.2, 0.25) is 0 Å². The van der Waals surface area contributed by atoms with Gasteiger partial charge in [-0.1, -0.05) is 39.1 Å². The molecule has 0 unspecified atom stereocenters. The maximum atomic E-state index is 13.3. The summed E-state index contributed by atoms with van der Waals surface area (Å²) in [5.74, 6) is -2.76. The standard InChI is InChI=1S/C32H45N8O7S/c1-6-26(42)38-18-39(27(43)7-2)20-40(19-38)28(44)14-16-48-17-25(41)37-29(21(3)4)31(46)36-24(9-8-15-34-32(33)47)30(45)35-23-12-10-22(5)11-13-23/h6-7,10-13,21,24,29H,1-2,5,8-9,14-20H2,3-4H3,(H,35,45)(H,36,46)(H,37,41)(H3,33,34,47)/t24-,29-/m0/s1. The van der Waals surface area contributed by atoms with E-state index in [1.807, 2.05) is 0 Å². The molecule has 6 N–H and O–H groups in total. The van der Waals surface area contributed by atoms with Gasteiger partial charge in [0, 0.05) is 24.4 Å². The zero-order valence-electron chi connectivity index (χ0n) is 27.4. The fraction of sp³-hybridized carbons (Fsp3) is 0.438. The third-order valence-corrected chi connectivity index (χ3v) is 8.09. The molecule has 8 amide bonds. The van der Waals surface area contributed by atoms with Gasteiger partial charge in [-0.25, -0.2) is 4.79 Å². The fourth-order valence-corrected chi connectivity index (χ4v) is 5.28. The predicted molar refractivity (Wildman–Crippen MR) is 183 cm³/mol. The second kappa shape index (κ2) is 19.7. The van der Waals surface area contributed by atoms with E-state index in [1.165, 1.54) is 26.5 Å². The molecule has 2 rings (SSSR count). The van der Waals surface area contributed by atoms with Crippen molar-refractivity contribution in [2.75, 3.05) is 43.4 Å². The minimum absolute atomic E-state index is 0.00158. The number of carbonyl (C=O) groups is 7. The highest BCUT2D eigenvalue weighted by atomic mass is 32.2. The molecule has 1 saturated heterocycles. The lowest BCUT2D eigenvalue weighted by molar-refractivity contribution is -0.154. The molecule has 16 heteroatoms. The van der Waals surface area contributed by atoms with Gasteiger partial charge in [0.2, 0.25) is 35.4 Å². The molecule has 261 valence electrons. The summed E-state index contributed by atoms with van der Waals surface area (Å²) in [4.78, 5) is 91.5. The summed E-state index contributed by atoms with van der Waals surface area (Å²) >= 11 is 1.18. The van der Waals surface area contributed by atoms with Crippen LogP contribution in [-0.2, 0) is 28.8 Å². The Morgan fingerprint density at radius 3 is 2.02 bits per heavy atom. The van der Waals surface area contributed by atoms with Crippen LogP contribution in [0, 0.1) is 12.8 Å². The van der Waals surface area contributed by atoms with E-state index < -0.39 is 47.7 Å². The Labute approximate surface area is 285 Å². The van der Waals surface area contributed by atoms with Crippen LogP contribution in [0.1, 0.15) is 38.7 Å². The monoisotopic (exact) mass is 685 g/mol. The van der Waals surface area contributed by atoms with Crippen molar-refractivity contribution in [2.45, 2.75) is 45.2 Å². The van der Waals surface area contributed by atoms with Crippen LogP contribution < -0.4 is 27.0 Å². The molecule has 1 heterocycles. The van der Waals surface area contributed by atoms with E-state index in [4.69, 9.17) is 5.73 Å². The van der Waals surface area contributed by atoms with E-state index in [2.05, 4.69) is 41.3 Å². The SMILES string of the molecule is [CH2]c1ccc(NC(=O)[C@H](CCCNC(N)=O)NC(=O)[C@@H](NC(=O)CSCCC(=O)N2CN(C(=O)C=C)CN(C(=O)C=C)C2)C(C)C)cc1. The zero-order valence-corrected chi connectivity index (χ0v) is 28.2. The highest BCUT2D eigenvalue weighted by Gasteiger charge is 2.31. The first-order chi connectivity index (χ1) is 22.7. The van der Waals surface area contributed by atoms with Crippen LogP contribution in [0.25, 0.3) is 0 Å². The lowest BCUT2D eigenvalue weighted by Crippen LogP contribution is -2.59. The minimum atomic E-state index is -0.977. The van der Waals surface area contributed by atoms with Gasteiger partial charge in [0.15, 0.2) is 0 Å². The molecule has 1 aromatic rings. The number of rotatable bonds is 17. The number of anilines is 1. The van der Waals surface area contributed by atoms with Gasteiger partial charge >= 0.3 is 6.03 Å². The molecule has 2 atom stereocenters. The van der Waals surface area contributed by atoms with Crippen molar-refractivity contribution in [1.29, 1.82) is 0 Å². The lowest BCUT2D eigenvalue weighted by atomic mass is 10.0. The molecule has 1 aliphatic rings. The summed E-state index contributed by atoms with van der Waals surface area (Å²) in [5.41, 5.74) is 6.39. The van der Waals surface area contributed by atoms with Crippen molar-refractivity contribution in [3.63, 3.8) is 0 Å². The molecule has 0 bridgehead atoms.